The maximum atomic E-state index is 11.2. The molecule has 0 fully saturated rings. The van der Waals surface area contributed by atoms with E-state index in [9.17, 15) is 14.1 Å². The van der Waals surface area contributed by atoms with Gasteiger partial charge in [0.2, 0.25) is 0 Å². The summed E-state index contributed by atoms with van der Waals surface area (Å²) in [6.07, 6.45) is -0.864. The molecule has 4 nitrogen and oxygen atoms in total. The number of carbonyl (C=O) groups excluding carboxylic acids is 2. The molecule has 0 saturated heterocycles. The van der Waals surface area contributed by atoms with Gasteiger partial charge in [-0.1, -0.05) is 0 Å². The molecule has 0 spiro atoms. The molecule has 11 heavy (non-hydrogen) atoms. The number of nitrogens with zero attached hydrogens (tertiary/aromatic N) is 1. The minimum Gasteiger partial charge on any atom is -0.308 e. The maximum absolute atomic E-state index is 11.2. The van der Waals surface area contributed by atoms with E-state index < -0.39 is 6.09 Å². The fourth-order valence-corrected chi connectivity index (χ4v) is 0.475. The van der Waals surface area contributed by atoms with E-state index in [2.05, 4.69) is 4.94 Å². The van der Waals surface area contributed by atoms with Gasteiger partial charge in [0.25, 0.3) is 0 Å². The van der Waals surface area contributed by atoms with Crippen LogP contribution in [0.15, 0.2) is 0 Å². The summed E-state index contributed by atoms with van der Waals surface area (Å²) >= 11 is 0. The Labute approximate surface area is 63.8 Å². The summed E-state index contributed by atoms with van der Waals surface area (Å²) in [5, 5.41) is 0. The third kappa shape index (κ3) is 4.30. The topological polar surface area (TPSA) is 46.6 Å². The van der Waals surface area contributed by atoms with E-state index in [-0.39, 0.29) is 18.7 Å². The summed E-state index contributed by atoms with van der Waals surface area (Å²) in [4.78, 5) is 24.6. The Morgan fingerprint density at radius 3 is 2.45 bits per heavy atom. The molecule has 1 amide bonds. The molecule has 0 rings (SSSR count). The van der Waals surface area contributed by atoms with Crippen LogP contribution in [0.5, 0.6) is 0 Å². The Balaban J connectivity index is 3.60. The predicted molar refractivity (Wildman–Crippen MR) is 35.5 cm³/mol. The summed E-state index contributed by atoms with van der Waals surface area (Å²) in [6, 6.07) is 0. The van der Waals surface area contributed by atoms with Crippen LogP contribution < -0.4 is 0 Å². The summed E-state index contributed by atoms with van der Waals surface area (Å²) in [5.41, 5.74) is 0. The van der Waals surface area contributed by atoms with Crippen LogP contribution in [0.1, 0.15) is 13.3 Å². The van der Waals surface area contributed by atoms with Crippen LogP contribution in [-0.4, -0.2) is 30.4 Å². The van der Waals surface area contributed by atoms with E-state index in [0.717, 1.165) is 4.90 Å². The first kappa shape index (κ1) is 9.87. The van der Waals surface area contributed by atoms with Crippen molar-refractivity contribution in [2.75, 3.05) is 13.6 Å². The molecule has 64 valence electrons. The molecule has 0 N–H and O–H groups in total. The minimum atomic E-state index is -1.08. The highest BCUT2D eigenvalue weighted by atomic mass is 19.3. The van der Waals surface area contributed by atoms with Crippen molar-refractivity contribution in [3.8, 4) is 0 Å². The molecule has 0 unspecified atom stereocenters. The lowest BCUT2D eigenvalue weighted by Gasteiger charge is -2.10. The normalized spacial score (nSPS) is 9.00. The molecule has 0 radical (unpaired) electrons. The molecule has 0 saturated carbocycles. The van der Waals surface area contributed by atoms with Crippen LogP contribution in [0.25, 0.3) is 0 Å². The van der Waals surface area contributed by atoms with Crippen molar-refractivity contribution in [2.24, 2.45) is 0 Å². The largest absolute Gasteiger partial charge is 0.447 e. The molecule has 0 heterocycles. The van der Waals surface area contributed by atoms with Crippen molar-refractivity contribution in [1.82, 2.24) is 4.90 Å². The minimum absolute atomic E-state index is 0.0523. The summed E-state index contributed by atoms with van der Waals surface area (Å²) < 4.78 is 11.2. The SMILES string of the molecule is CC(=O)CCN(C)C(=O)OF. The molecule has 0 aliphatic carbocycles. The number of Topliss-reactive ketones (excluding diaryl/α,β-unsaturated/α-hetero) is 1. The van der Waals surface area contributed by atoms with Crippen LogP contribution in [0.4, 0.5) is 9.32 Å². The molecule has 0 aromatic rings. The molecule has 5 heteroatoms. The van der Waals surface area contributed by atoms with Gasteiger partial charge in [0.05, 0.1) is 0 Å². The molecular weight excluding hydrogens is 153 g/mol. The highest BCUT2D eigenvalue weighted by Gasteiger charge is 2.09. The van der Waals surface area contributed by atoms with Crippen LogP contribution >= 0.6 is 0 Å². The number of carbonyl (C=O) groups is 2. The Morgan fingerprint density at radius 1 is 1.55 bits per heavy atom. The molecule has 0 bridgehead atoms. The third-order valence-corrected chi connectivity index (χ3v) is 1.18. The van der Waals surface area contributed by atoms with Crippen LogP contribution in [0.2, 0.25) is 0 Å². The van der Waals surface area contributed by atoms with Crippen LogP contribution in [0.3, 0.4) is 0 Å². The average molecular weight is 163 g/mol. The maximum Gasteiger partial charge on any atom is 0.447 e. The smallest absolute Gasteiger partial charge is 0.308 e. The average Bonchev–Trinajstić information content (AvgIpc) is 1.98. The fourth-order valence-electron chi connectivity index (χ4n) is 0.475. The molecular formula is C6H10FNO3. The Hall–Kier alpha value is -1.13. The first-order valence-electron chi connectivity index (χ1n) is 3.11. The number of rotatable bonds is 3. The number of halogens is 1. The van der Waals surface area contributed by atoms with Gasteiger partial charge in [-0.2, -0.15) is 0 Å². The van der Waals surface area contributed by atoms with Gasteiger partial charge in [0, 0.05) is 24.5 Å². The van der Waals surface area contributed by atoms with Crippen LogP contribution in [-0.2, 0) is 9.74 Å². The van der Waals surface area contributed by atoms with Gasteiger partial charge in [-0.05, 0) is 6.92 Å². The highest BCUT2D eigenvalue weighted by Crippen LogP contribution is 1.93. The van der Waals surface area contributed by atoms with E-state index >= 15 is 0 Å². The lowest BCUT2D eigenvalue weighted by atomic mass is 10.3. The van der Waals surface area contributed by atoms with Crippen molar-refractivity contribution in [1.29, 1.82) is 0 Å². The van der Waals surface area contributed by atoms with Gasteiger partial charge in [0.15, 0.2) is 0 Å². The second-order valence-corrected chi connectivity index (χ2v) is 2.22. The van der Waals surface area contributed by atoms with E-state index in [1.54, 1.807) is 0 Å². The highest BCUT2D eigenvalue weighted by molar-refractivity contribution is 5.76. The van der Waals surface area contributed by atoms with Crippen molar-refractivity contribution in [3.05, 3.63) is 0 Å². The quantitative estimate of drug-likeness (QED) is 0.621. The zero-order chi connectivity index (χ0) is 8.85. The number of hydrogen-bond acceptors (Lipinski definition) is 3. The van der Waals surface area contributed by atoms with E-state index in [1.165, 1.54) is 14.0 Å². The summed E-state index contributed by atoms with van der Waals surface area (Å²) in [7, 11) is 1.35. The van der Waals surface area contributed by atoms with Gasteiger partial charge < -0.3 is 4.90 Å². The fraction of sp³-hybridized carbons (Fsp3) is 0.667. The Morgan fingerprint density at radius 2 is 2.09 bits per heavy atom. The van der Waals surface area contributed by atoms with Crippen molar-refractivity contribution in [3.63, 3.8) is 0 Å². The lowest BCUT2D eigenvalue weighted by molar-refractivity contribution is -0.117. The Bertz CT molecular complexity index is 160. The summed E-state index contributed by atoms with van der Waals surface area (Å²) in [6.45, 7) is 1.58. The number of ketones is 1. The monoisotopic (exact) mass is 163 g/mol. The second kappa shape index (κ2) is 4.65. The molecule has 0 aliphatic rings. The lowest BCUT2D eigenvalue weighted by Crippen LogP contribution is -2.27. The predicted octanol–water partition coefficient (Wildman–Crippen LogP) is 0.918. The van der Waals surface area contributed by atoms with E-state index in [1.807, 2.05) is 0 Å². The zero-order valence-electron chi connectivity index (χ0n) is 6.46. The van der Waals surface area contributed by atoms with Crippen molar-refractivity contribution >= 4 is 11.9 Å². The van der Waals surface area contributed by atoms with Gasteiger partial charge in [-0.25, -0.2) is 9.74 Å². The standard InChI is InChI=1S/C6H10FNO3/c1-5(9)3-4-8(2)6(10)11-7/h3-4H2,1-2H3. The summed E-state index contributed by atoms with van der Waals surface area (Å²) in [5.74, 6) is -0.0523. The first-order chi connectivity index (χ1) is 5.07. The third-order valence-electron chi connectivity index (χ3n) is 1.18. The second-order valence-electron chi connectivity index (χ2n) is 2.22. The number of hydrogen-bond donors (Lipinski definition) is 0. The van der Waals surface area contributed by atoms with Crippen molar-refractivity contribution in [2.45, 2.75) is 13.3 Å². The van der Waals surface area contributed by atoms with Gasteiger partial charge in [-0.15, -0.1) is 0 Å². The zero-order valence-corrected chi connectivity index (χ0v) is 6.46. The Kier molecular flexibility index (Phi) is 4.17. The molecule has 0 aromatic heterocycles. The first-order valence-corrected chi connectivity index (χ1v) is 3.11. The van der Waals surface area contributed by atoms with Gasteiger partial charge in [0.1, 0.15) is 5.78 Å². The molecule has 0 aromatic carbocycles. The molecule has 0 atom stereocenters. The number of amides is 1. The van der Waals surface area contributed by atoms with E-state index in [4.69, 9.17) is 0 Å². The van der Waals surface area contributed by atoms with Crippen LogP contribution in [0, 0.1) is 0 Å². The van der Waals surface area contributed by atoms with E-state index in [0.29, 0.717) is 0 Å². The van der Waals surface area contributed by atoms with Gasteiger partial charge in [-0.3, -0.25) is 4.79 Å². The molecule has 0 aliphatic heterocycles. The van der Waals surface area contributed by atoms with Crippen molar-refractivity contribution < 1.29 is 19.1 Å². The van der Waals surface area contributed by atoms with Gasteiger partial charge >= 0.3 is 6.09 Å².